The quantitative estimate of drug-likeness (QED) is 0.850. The van der Waals surface area contributed by atoms with E-state index in [0.29, 0.717) is 49.6 Å². The summed E-state index contributed by atoms with van der Waals surface area (Å²) >= 11 is 0. The van der Waals surface area contributed by atoms with Crippen molar-refractivity contribution in [3.63, 3.8) is 0 Å². The molecule has 1 saturated carbocycles. The van der Waals surface area contributed by atoms with Crippen LogP contribution in [0.2, 0.25) is 0 Å². The van der Waals surface area contributed by atoms with Gasteiger partial charge in [0.25, 0.3) is 5.91 Å². The molecule has 0 radical (unpaired) electrons. The highest BCUT2D eigenvalue weighted by molar-refractivity contribution is 5.94. The predicted molar refractivity (Wildman–Crippen MR) is 101 cm³/mol. The second kappa shape index (κ2) is 8.25. The van der Waals surface area contributed by atoms with Gasteiger partial charge in [0.1, 0.15) is 5.82 Å². The van der Waals surface area contributed by atoms with E-state index in [9.17, 15) is 9.59 Å². The highest BCUT2D eigenvalue weighted by Gasteiger charge is 2.34. The number of carbonyl (C=O) groups is 2. The molecule has 1 aliphatic carbocycles. The van der Waals surface area contributed by atoms with Crippen molar-refractivity contribution in [1.82, 2.24) is 14.8 Å². The molecule has 0 atom stereocenters. The van der Waals surface area contributed by atoms with Crippen molar-refractivity contribution in [1.29, 1.82) is 0 Å². The maximum Gasteiger partial charge on any atom is 0.254 e. The summed E-state index contributed by atoms with van der Waals surface area (Å²) in [4.78, 5) is 32.9. The Balaban J connectivity index is 1.26. The standard InChI is InChI=1S/C20H28N4O3/c25-19(16-1-2-16)23-7-4-15(5-8-23)14-22-18-13-17(3-6-21-18)20(26)24-9-11-27-12-10-24/h3,6,13,15-16H,1-2,4-5,7-12,14H2,(H,21,22). The topological polar surface area (TPSA) is 74.8 Å². The highest BCUT2D eigenvalue weighted by atomic mass is 16.5. The normalized spacial score (nSPS) is 21.2. The second-order valence-corrected chi connectivity index (χ2v) is 7.76. The third-order valence-electron chi connectivity index (χ3n) is 5.73. The molecule has 3 heterocycles. The molecule has 2 amide bonds. The van der Waals surface area contributed by atoms with E-state index in [0.717, 1.165) is 51.1 Å². The van der Waals surface area contributed by atoms with Gasteiger partial charge in [-0.15, -0.1) is 0 Å². The van der Waals surface area contributed by atoms with Gasteiger partial charge in [-0.05, 0) is 43.7 Å². The predicted octanol–water partition coefficient (Wildman–Crippen LogP) is 1.61. The number of likely N-dealkylation sites (tertiary alicyclic amines) is 1. The molecule has 0 bridgehead atoms. The molecule has 3 aliphatic rings. The number of carbonyl (C=O) groups excluding carboxylic acids is 2. The van der Waals surface area contributed by atoms with Crippen molar-refractivity contribution in [3.8, 4) is 0 Å². The fraction of sp³-hybridized carbons (Fsp3) is 0.650. The Hall–Kier alpha value is -2.15. The summed E-state index contributed by atoms with van der Waals surface area (Å²) in [5.74, 6) is 1.99. The molecule has 146 valence electrons. The van der Waals surface area contributed by atoms with Crippen LogP contribution in [0.15, 0.2) is 18.3 Å². The van der Waals surface area contributed by atoms with Crippen molar-refractivity contribution >= 4 is 17.6 Å². The molecule has 7 nitrogen and oxygen atoms in total. The number of nitrogens with one attached hydrogen (secondary N) is 1. The van der Waals surface area contributed by atoms with E-state index < -0.39 is 0 Å². The van der Waals surface area contributed by atoms with E-state index >= 15 is 0 Å². The minimum atomic E-state index is 0.0376. The van der Waals surface area contributed by atoms with Crippen LogP contribution in [-0.2, 0) is 9.53 Å². The average molecular weight is 372 g/mol. The number of nitrogens with zero attached hydrogens (tertiary/aromatic N) is 3. The molecule has 3 fully saturated rings. The summed E-state index contributed by atoms with van der Waals surface area (Å²) < 4.78 is 5.31. The van der Waals surface area contributed by atoms with Crippen LogP contribution in [0.3, 0.4) is 0 Å². The number of ether oxygens (including phenoxy) is 1. The van der Waals surface area contributed by atoms with Crippen molar-refractivity contribution < 1.29 is 14.3 Å². The lowest BCUT2D eigenvalue weighted by Crippen LogP contribution is -2.41. The van der Waals surface area contributed by atoms with E-state index in [2.05, 4.69) is 10.3 Å². The number of hydrogen-bond donors (Lipinski definition) is 1. The van der Waals surface area contributed by atoms with Crippen molar-refractivity contribution in [2.45, 2.75) is 25.7 Å². The van der Waals surface area contributed by atoms with Gasteiger partial charge in [0.05, 0.1) is 13.2 Å². The molecular weight excluding hydrogens is 344 g/mol. The van der Waals surface area contributed by atoms with Crippen LogP contribution in [-0.4, -0.2) is 72.5 Å². The lowest BCUT2D eigenvalue weighted by Gasteiger charge is -2.32. The van der Waals surface area contributed by atoms with Gasteiger partial charge in [0.2, 0.25) is 5.91 Å². The molecule has 0 aromatic carbocycles. The Kier molecular flexibility index (Phi) is 5.57. The minimum absolute atomic E-state index is 0.0376. The average Bonchev–Trinajstić information content (AvgIpc) is 3.58. The van der Waals surface area contributed by atoms with Crippen molar-refractivity contribution in [2.75, 3.05) is 51.3 Å². The van der Waals surface area contributed by atoms with Gasteiger partial charge in [-0.25, -0.2) is 4.98 Å². The third kappa shape index (κ3) is 4.58. The van der Waals surface area contributed by atoms with E-state index in [1.165, 1.54) is 0 Å². The molecule has 1 aromatic rings. The summed E-state index contributed by atoms with van der Waals surface area (Å²) in [5, 5.41) is 3.38. The van der Waals surface area contributed by atoms with Crippen LogP contribution in [0.25, 0.3) is 0 Å². The first kappa shape index (κ1) is 18.2. The largest absolute Gasteiger partial charge is 0.378 e. The lowest BCUT2D eigenvalue weighted by atomic mass is 9.96. The van der Waals surface area contributed by atoms with Gasteiger partial charge in [-0.3, -0.25) is 9.59 Å². The molecule has 0 spiro atoms. The number of morpholine rings is 1. The van der Waals surface area contributed by atoms with Gasteiger partial charge in [-0.1, -0.05) is 0 Å². The minimum Gasteiger partial charge on any atom is -0.378 e. The van der Waals surface area contributed by atoms with Crippen molar-refractivity contribution in [2.24, 2.45) is 11.8 Å². The molecule has 27 heavy (non-hydrogen) atoms. The van der Waals surface area contributed by atoms with Crippen LogP contribution >= 0.6 is 0 Å². The Morgan fingerprint density at radius 1 is 1.07 bits per heavy atom. The molecule has 2 saturated heterocycles. The summed E-state index contributed by atoms with van der Waals surface area (Å²) in [5.41, 5.74) is 0.666. The summed E-state index contributed by atoms with van der Waals surface area (Å²) in [6.07, 6.45) is 5.89. The van der Waals surface area contributed by atoms with Crippen molar-refractivity contribution in [3.05, 3.63) is 23.9 Å². The van der Waals surface area contributed by atoms with Gasteiger partial charge < -0.3 is 19.9 Å². The first-order chi connectivity index (χ1) is 13.2. The molecule has 0 unspecified atom stereocenters. The summed E-state index contributed by atoms with van der Waals surface area (Å²) in [6.45, 7) is 5.04. The fourth-order valence-electron chi connectivity index (χ4n) is 3.80. The van der Waals surface area contributed by atoms with E-state index in [1.54, 1.807) is 12.3 Å². The molecule has 4 rings (SSSR count). The Labute approximate surface area is 160 Å². The molecule has 1 aromatic heterocycles. The zero-order valence-corrected chi connectivity index (χ0v) is 15.7. The van der Waals surface area contributed by atoms with Crippen LogP contribution in [0.5, 0.6) is 0 Å². The first-order valence-corrected chi connectivity index (χ1v) is 10.1. The maximum absolute atomic E-state index is 12.6. The number of piperidine rings is 1. The number of pyridine rings is 1. The van der Waals surface area contributed by atoms with E-state index in [-0.39, 0.29) is 5.91 Å². The molecule has 1 N–H and O–H groups in total. The van der Waals surface area contributed by atoms with Crippen LogP contribution in [0.4, 0.5) is 5.82 Å². The zero-order chi connectivity index (χ0) is 18.6. The zero-order valence-electron chi connectivity index (χ0n) is 15.7. The Morgan fingerprint density at radius 3 is 2.52 bits per heavy atom. The second-order valence-electron chi connectivity index (χ2n) is 7.76. The van der Waals surface area contributed by atoms with Crippen LogP contribution in [0.1, 0.15) is 36.0 Å². The first-order valence-electron chi connectivity index (χ1n) is 10.1. The molecule has 7 heteroatoms. The van der Waals surface area contributed by atoms with Gasteiger partial charge in [0, 0.05) is 50.4 Å². The maximum atomic E-state index is 12.6. The lowest BCUT2D eigenvalue weighted by molar-refractivity contribution is -0.133. The highest BCUT2D eigenvalue weighted by Crippen LogP contribution is 2.32. The van der Waals surface area contributed by atoms with E-state index in [4.69, 9.17) is 4.74 Å². The third-order valence-corrected chi connectivity index (χ3v) is 5.73. The van der Waals surface area contributed by atoms with Crippen LogP contribution in [0, 0.1) is 11.8 Å². The molecular formula is C20H28N4O3. The summed E-state index contributed by atoms with van der Waals surface area (Å²) in [6, 6.07) is 3.61. The van der Waals surface area contributed by atoms with Crippen LogP contribution < -0.4 is 5.32 Å². The number of amides is 2. The Bertz CT molecular complexity index is 678. The monoisotopic (exact) mass is 372 g/mol. The number of hydrogen-bond acceptors (Lipinski definition) is 5. The number of anilines is 1. The number of aromatic nitrogens is 1. The van der Waals surface area contributed by atoms with Gasteiger partial charge >= 0.3 is 0 Å². The molecule has 2 aliphatic heterocycles. The Morgan fingerprint density at radius 2 is 1.81 bits per heavy atom. The van der Waals surface area contributed by atoms with Gasteiger partial charge in [0.15, 0.2) is 0 Å². The SMILES string of the molecule is O=C(c1ccnc(NCC2CCN(C(=O)C3CC3)CC2)c1)N1CCOCC1. The number of rotatable bonds is 5. The smallest absolute Gasteiger partial charge is 0.254 e. The van der Waals surface area contributed by atoms with E-state index in [1.807, 2.05) is 15.9 Å². The summed E-state index contributed by atoms with van der Waals surface area (Å²) in [7, 11) is 0. The fourth-order valence-corrected chi connectivity index (χ4v) is 3.80. The van der Waals surface area contributed by atoms with Gasteiger partial charge in [-0.2, -0.15) is 0 Å².